The van der Waals surface area contributed by atoms with E-state index in [0.29, 0.717) is 19.4 Å². The molecule has 1 aliphatic heterocycles. The van der Waals surface area contributed by atoms with Crippen molar-refractivity contribution in [2.45, 2.75) is 83.2 Å². The van der Waals surface area contributed by atoms with E-state index >= 15 is 0 Å². The number of nitrogens with zero attached hydrogens (tertiary/aromatic N) is 1. The second kappa shape index (κ2) is 12.9. The lowest BCUT2D eigenvalue weighted by molar-refractivity contribution is -0.260. The third kappa shape index (κ3) is 6.53. The van der Waals surface area contributed by atoms with Crippen molar-refractivity contribution in [1.29, 1.82) is 0 Å². The molecular weight excluding hydrogens is 512 g/mol. The van der Waals surface area contributed by atoms with Gasteiger partial charge in [0.15, 0.2) is 11.6 Å². The van der Waals surface area contributed by atoms with Crippen LogP contribution in [0.1, 0.15) is 93.6 Å². The fraction of sp³-hybridized carbons (Fsp3) is 0.424. The standard InChI is InChI=1S/C33H38F2NO4/c1-4-5-6-7-8-9-22-39-27-15-11-25(12-16-27)32(2)20-21-33(3,36(32)38)26-13-17-28(18-14-26)40-31(37)24-10-19-29(34)30(35)23-24/h10-19,23H,4-9,20-22H2,1-3H3/t32-,33-/m0/s1. The average Bonchev–Trinajstić information content (AvgIpc) is 3.20. The largest absolute Gasteiger partial charge is 0.494 e. The van der Waals surface area contributed by atoms with Gasteiger partial charge in [-0.1, -0.05) is 63.3 Å². The summed E-state index contributed by atoms with van der Waals surface area (Å²) in [6.07, 6.45) is 8.61. The third-order valence-electron chi connectivity index (χ3n) is 8.08. The van der Waals surface area contributed by atoms with Gasteiger partial charge in [0, 0.05) is 0 Å². The van der Waals surface area contributed by atoms with Crippen LogP contribution in [0, 0.1) is 11.6 Å². The summed E-state index contributed by atoms with van der Waals surface area (Å²) in [4.78, 5) is 12.3. The molecule has 1 saturated heterocycles. The Morgan fingerprint density at radius 2 is 1.32 bits per heavy atom. The number of unbranched alkanes of at least 4 members (excludes halogenated alkanes) is 5. The Morgan fingerprint density at radius 1 is 0.775 bits per heavy atom. The fourth-order valence-corrected chi connectivity index (χ4v) is 5.41. The molecule has 4 rings (SSSR count). The highest BCUT2D eigenvalue weighted by atomic mass is 19.2. The van der Waals surface area contributed by atoms with Crippen molar-refractivity contribution in [3.63, 3.8) is 0 Å². The summed E-state index contributed by atoms with van der Waals surface area (Å²) < 4.78 is 37.9. The quantitative estimate of drug-likeness (QED) is 0.129. The van der Waals surface area contributed by atoms with E-state index in [4.69, 9.17) is 9.47 Å². The van der Waals surface area contributed by atoms with Gasteiger partial charge in [-0.2, -0.15) is 0 Å². The van der Waals surface area contributed by atoms with Gasteiger partial charge in [0.25, 0.3) is 0 Å². The first kappa shape index (κ1) is 29.7. The van der Waals surface area contributed by atoms with Gasteiger partial charge in [-0.3, -0.25) is 0 Å². The van der Waals surface area contributed by atoms with Gasteiger partial charge < -0.3 is 9.47 Å². The summed E-state index contributed by atoms with van der Waals surface area (Å²) in [5.41, 5.74) is 0.174. The van der Waals surface area contributed by atoms with Gasteiger partial charge in [-0.15, -0.1) is 10.3 Å². The molecule has 3 aromatic carbocycles. The topological polar surface area (TPSA) is 58.7 Å². The van der Waals surface area contributed by atoms with Gasteiger partial charge in [0.1, 0.15) is 11.5 Å². The van der Waals surface area contributed by atoms with Crippen molar-refractivity contribution in [2.24, 2.45) is 0 Å². The van der Waals surface area contributed by atoms with Crippen LogP contribution in [0.3, 0.4) is 0 Å². The van der Waals surface area contributed by atoms with Crippen LogP contribution in [0.15, 0.2) is 66.7 Å². The SMILES string of the molecule is CCCCCCCCOc1ccc([C@]2(C)CC[C@@](C)(c3ccc(OC(=O)c4ccc(F)c(F)c4)cc3)N2[O])cc1. The highest BCUT2D eigenvalue weighted by Crippen LogP contribution is 2.51. The Kier molecular flexibility index (Phi) is 9.59. The predicted molar refractivity (Wildman–Crippen MR) is 150 cm³/mol. The average molecular weight is 551 g/mol. The zero-order valence-corrected chi connectivity index (χ0v) is 23.6. The van der Waals surface area contributed by atoms with Crippen molar-refractivity contribution >= 4 is 5.97 Å². The predicted octanol–water partition coefficient (Wildman–Crippen LogP) is 8.50. The van der Waals surface area contributed by atoms with Crippen LogP contribution in [-0.2, 0) is 16.3 Å². The van der Waals surface area contributed by atoms with Crippen molar-refractivity contribution in [2.75, 3.05) is 6.61 Å². The minimum atomic E-state index is -1.12. The van der Waals surface area contributed by atoms with Crippen LogP contribution < -0.4 is 9.47 Å². The molecule has 1 radical (unpaired) electrons. The van der Waals surface area contributed by atoms with Gasteiger partial charge in [0.2, 0.25) is 0 Å². The smallest absolute Gasteiger partial charge is 0.343 e. The number of rotatable bonds is 12. The fourth-order valence-electron chi connectivity index (χ4n) is 5.41. The molecule has 0 bridgehead atoms. The number of esters is 1. The molecule has 0 unspecified atom stereocenters. The number of hydrogen-bond donors (Lipinski definition) is 0. The number of hydrogen-bond acceptors (Lipinski definition) is 4. The van der Waals surface area contributed by atoms with Crippen LogP contribution in [-0.4, -0.2) is 17.6 Å². The summed E-state index contributed by atoms with van der Waals surface area (Å²) in [6, 6.07) is 17.4. The van der Waals surface area contributed by atoms with E-state index in [1.54, 1.807) is 24.3 Å². The second-order valence-corrected chi connectivity index (χ2v) is 11.0. The monoisotopic (exact) mass is 550 g/mol. The molecule has 1 aliphatic rings. The van der Waals surface area contributed by atoms with E-state index in [0.717, 1.165) is 35.4 Å². The molecule has 5 nitrogen and oxygen atoms in total. The van der Waals surface area contributed by atoms with E-state index in [1.807, 2.05) is 38.1 Å². The number of halogens is 2. The zero-order chi connectivity index (χ0) is 28.8. The number of hydroxylamine groups is 2. The van der Waals surface area contributed by atoms with Crippen LogP contribution in [0.4, 0.5) is 8.78 Å². The second-order valence-electron chi connectivity index (χ2n) is 11.0. The van der Waals surface area contributed by atoms with Gasteiger partial charge >= 0.3 is 5.97 Å². The van der Waals surface area contributed by atoms with Crippen molar-refractivity contribution in [3.8, 4) is 11.5 Å². The van der Waals surface area contributed by atoms with Crippen molar-refractivity contribution in [1.82, 2.24) is 5.06 Å². The maximum absolute atomic E-state index is 13.8. The van der Waals surface area contributed by atoms with Crippen LogP contribution in [0.25, 0.3) is 0 Å². The van der Waals surface area contributed by atoms with Gasteiger partial charge in [-0.05, 0) is 86.7 Å². The van der Waals surface area contributed by atoms with Gasteiger partial charge in [-0.25, -0.2) is 13.6 Å². The molecule has 0 N–H and O–H groups in total. The number of carbonyl (C=O) groups is 1. The Bertz CT molecular complexity index is 1280. The maximum atomic E-state index is 13.8. The normalized spacial score (nSPS) is 20.9. The number of benzene rings is 3. The minimum Gasteiger partial charge on any atom is -0.494 e. The van der Waals surface area contributed by atoms with E-state index in [-0.39, 0.29) is 11.3 Å². The summed E-state index contributed by atoms with van der Waals surface area (Å²) >= 11 is 0. The summed E-state index contributed by atoms with van der Waals surface area (Å²) in [6.45, 7) is 6.80. The highest BCUT2D eigenvalue weighted by molar-refractivity contribution is 5.91. The molecule has 2 atom stereocenters. The Hall–Kier alpha value is -3.29. The summed E-state index contributed by atoms with van der Waals surface area (Å²) in [5, 5.41) is 15.0. The zero-order valence-electron chi connectivity index (χ0n) is 23.6. The maximum Gasteiger partial charge on any atom is 0.343 e. The molecular formula is C33H38F2NO4. The summed E-state index contributed by atoms with van der Waals surface area (Å²) in [7, 11) is 0. The van der Waals surface area contributed by atoms with E-state index in [9.17, 15) is 18.8 Å². The molecule has 213 valence electrons. The van der Waals surface area contributed by atoms with Crippen LogP contribution >= 0.6 is 0 Å². The minimum absolute atomic E-state index is 0.0916. The molecule has 3 aromatic rings. The molecule has 1 heterocycles. The Morgan fingerprint density at radius 3 is 1.90 bits per heavy atom. The number of carbonyl (C=O) groups excluding carboxylic acids is 1. The van der Waals surface area contributed by atoms with Crippen molar-refractivity contribution < 1.29 is 28.3 Å². The molecule has 1 fully saturated rings. The molecule has 7 heteroatoms. The van der Waals surface area contributed by atoms with Gasteiger partial charge in [0.05, 0.1) is 23.2 Å². The molecule has 40 heavy (non-hydrogen) atoms. The Balaban J connectivity index is 1.36. The van der Waals surface area contributed by atoms with Crippen LogP contribution in [0.5, 0.6) is 11.5 Å². The highest BCUT2D eigenvalue weighted by Gasteiger charge is 2.52. The van der Waals surface area contributed by atoms with E-state index in [1.165, 1.54) is 43.2 Å². The molecule has 0 saturated carbocycles. The molecule has 0 spiro atoms. The lowest BCUT2D eigenvalue weighted by Gasteiger charge is -2.37. The van der Waals surface area contributed by atoms with E-state index < -0.39 is 28.7 Å². The number of ether oxygens (including phenoxy) is 2. The third-order valence-corrected chi connectivity index (χ3v) is 8.08. The lowest BCUT2D eigenvalue weighted by Crippen LogP contribution is -2.44. The first-order valence-electron chi connectivity index (χ1n) is 14.2. The van der Waals surface area contributed by atoms with Crippen LogP contribution in [0.2, 0.25) is 0 Å². The van der Waals surface area contributed by atoms with Crippen molar-refractivity contribution in [3.05, 3.63) is 95.1 Å². The first-order valence-corrected chi connectivity index (χ1v) is 14.2. The molecule has 0 aromatic heterocycles. The van der Waals surface area contributed by atoms with E-state index in [2.05, 4.69) is 6.92 Å². The first-order chi connectivity index (χ1) is 19.2. The molecule has 0 aliphatic carbocycles. The lowest BCUT2D eigenvalue weighted by atomic mass is 9.89. The summed E-state index contributed by atoms with van der Waals surface area (Å²) in [5.74, 6) is -1.89. The Labute approximate surface area is 235 Å². The molecule has 0 amide bonds.